The molecule has 3 aromatic rings. The number of aromatic hydroxyl groups is 1. The number of pyridine rings is 1. The lowest BCUT2D eigenvalue weighted by molar-refractivity contribution is -0.136. The summed E-state index contributed by atoms with van der Waals surface area (Å²) in [5.74, 6) is -0.587. The van der Waals surface area contributed by atoms with Gasteiger partial charge < -0.3 is 9.52 Å². The summed E-state index contributed by atoms with van der Waals surface area (Å²) in [5.41, 5.74) is -3.05. The van der Waals surface area contributed by atoms with Gasteiger partial charge in [0.05, 0.1) is 16.6 Å². The monoisotopic (exact) mass is 307 g/mol. The van der Waals surface area contributed by atoms with Gasteiger partial charge in [-0.05, 0) is 24.3 Å². The minimum atomic E-state index is -4.70. The van der Waals surface area contributed by atoms with Gasteiger partial charge in [0.15, 0.2) is 5.58 Å². The van der Waals surface area contributed by atoms with Crippen LogP contribution in [0.5, 0.6) is 5.75 Å². The highest BCUT2D eigenvalue weighted by Gasteiger charge is 2.35. The van der Waals surface area contributed by atoms with Crippen LogP contribution < -0.4 is 5.63 Å². The predicted molar refractivity (Wildman–Crippen MR) is 72.4 cm³/mol. The highest BCUT2D eigenvalue weighted by Crippen LogP contribution is 2.39. The van der Waals surface area contributed by atoms with Gasteiger partial charge in [-0.2, -0.15) is 13.2 Å². The van der Waals surface area contributed by atoms with Gasteiger partial charge in [-0.15, -0.1) is 0 Å². The van der Waals surface area contributed by atoms with Crippen molar-refractivity contribution in [3.8, 4) is 17.0 Å². The standard InChI is InChI=1S/C15H8F3NO3/c16-15(17,18)9-5-3-4-8-12(20)11(14(21)22-13(8)9)10-6-1-2-7-19-10/h1-7,20H. The zero-order valence-corrected chi connectivity index (χ0v) is 10.9. The van der Waals surface area contributed by atoms with E-state index in [9.17, 15) is 23.1 Å². The van der Waals surface area contributed by atoms with E-state index in [1.807, 2.05) is 0 Å². The number of hydrogen-bond acceptors (Lipinski definition) is 4. The molecule has 3 rings (SSSR count). The first-order valence-corrected chi connectivity index (χ1v) is 6.17. The van der Waals surface area contributed by atoms with E-state index in [0.29, 0.717) is 0 Å². The van der Waals surface area contributed by atoms with Gasteiger partial charge in [-0.3, -0.25) is 4.98 Å². The largest absolute Gasteiger partial charge is 0.506 e. The Morgan fingerprint density at radius 3 is 2.50 bits per heavy atom. The van der Waals surface area contributed by atoms with Crippen molar-refractivity contribution in [1.82, 2.24) is 4.98 Å². The lowest BCUT2D eigenvalue weighted by atomic mass is 10.1. The van der Waals surface area contributed by atoms with Crippen LogP contribution >= 0.6 is 0 Å². The van der Waals surface area contributed by atoms with E-state index in [0.717, 1.165) is 12.1 Å². The minimum absolute atomic E-state index is 0.119. The van der Waals surface area contributed by atoms with Crippen LogP contribution in [0, 0.1) is 0 Å². The Morgan fingerprint density at radius 1 is 1.09 bits per heavy atom. The molecule has 22 heavy (non-hydrogen) atoms. The Morgan fingerprint density at radius 2 is 1.86 bits per heavy atom. The lowest BCUT2D eigenvalue weighted by Crippen LogP contribution is -2.10. The first-order valence-electron chi connectivity index (χ1n) is 6.17. The Balaban J connectivity index is 2.40. The molecule has 0 radical (unpaired) electrons. The summed E-state index contributed by atoms with van der Waals surface area (Å²) in [4.78, 5) is 15.9. The lowest BCUT2D eigenvalue weighted by Gasteiger charge is -2.11. The van der Waals surface area contributed by atoms with Crippen LogP contribution in [-0.2, 0) is 6.18 Å². The van der Waals surface area contributed by atoms with Gasteiger partial charge in [0.1, 0.15) is 11.3 Å². The first kappa shape index (κ1) is 14.1. The van der Waals surface area contributed by atoms with Crippen LogP contribution in [0.4, 0.5) is 13.2 Å². The van der Waals surface area contributed by atoms with Gasteiger partial charge in [-0.1, -0.05) is 12.1 Å². The third-order valence-electron chi connectivity index (χ3n) is 3.13. The number of rotatable bonds is 1. The fraction of sp³-hybridized carbons (Fsp3) is 0.0667. The Bertz CT molecular complexity index is 902. The van der Waals surface area contributed by atoms with Gasteiger partial charge in [0.2, 0.25) is 0 Å². The molecule has 0 saturated carbocycles. The van der Waals surface area contributed by atoms with Gasteiger partial charge in [0.25, 0.3) is 0 Å². The zero-order valence-electron chi connectivity index (χ0n) is 10.9. The highest BCUT2D eigenvalue weighted by atomic mass is 19.4. The van der Waals surface area contributed by atoms with E-state index >= 15 is 0 Å². The molecular formula is C15H8F3NO3. The van der Waals surface area contributed by atoms with Crippen LogP contribution in [0.2, 0.25) is 0 Å². The fourth-order valence-corrected chi connectivity index (χ4v) is 2.17. The smallest absolute Gasteiger partial charge is 0.420 e. The topological polar surface area (TPSA) is 63.3 Å². The molecule has 0 atom stereocenters. The molecule has 0 unspecified atom stereocenters. The van der Waals surface area contributed by atoms with Crippen molar-refractivity contribution in [2.45, 2.75) is 6.18 Å². The van der Waals surface area contributed by atoms with E-state index in [1.54, 1.807) is 12.1 Å². The fourth-order valence-electron chi connectivity index (χ4n) is 2.17. The second kappa shape index (κ2) is 4.87. The maximum Gasteiger partial charge on any atom is 0.420 e. The van der Waals surface area contributed by atoms with Crippen molar-refractivity contribution in [3.63, 3.8) is 0 Å². The molecule has 0 spiro atoms. The summed E-state index contributed by atoms with van der Waals surface area (Å²) >= 11 is 0. The van der Waals surface area contributed by atoms with Crippen molar-refractivity contribution in [1.29, 1.82) is 0 Å². The molecule has 2 aromatic heterocycles. The maximum absolute atomic E-state index is 12.9. The Labute approximate surface area is 121 Å². The zero-order chi connectivity index (χ0) is 15.9. The van der Waals surface area contributed by atoms with Gasteiger partial charge in [0, 0.05) is 6.20 Å². The number of halogens is 3. The van der Waals surface area contributed by atoms with E-state index in [4.69, 9.17) is 4.42 Å². The number of aromatic nitrogens is 1. The van der Waals surface area contributed by atoms with Crippen LogP contribution in [0.15, 0.2) is 51.8 Å². The summed E-state index contributed by atoms with van der Waals surface area (Å²) in [6, 6.07) is 7.79. The summed E-state index contributed by atoms with van der Waals surface area (Å²) < 4.78 is 43.7. The molecule has 7 heteroatoms. The van der Waals surface area contributed by atoms with Crippen molar-refractivity contribution in [2.24, 2.45) is 0 Å². The quantitative estimate of drug-likeness (QED) is 0.698. The third kappa shape index (κ3) is 2.20. The summed E-state index contributed by atoms with van der Waals surface area (Å²) in [7, 11) is 0. The average molecular weight is 307 g/mol. The second-order valence-corrected chi connectivity index (χ2v) is 4.51. The van der Waals surface area contributed by atoms with E-state index in [1.165, 1.54) is 18.3 Å². The van der Waals surface area contributed by atoms with Crippen molar-refractivity contribution in [2.75, 3.05) is 0 Å². The molecule has 2 heterocycles. The molecule has 0 fully saturated rings. The van der Waals surface area contributed by atoms with E-state index in [2.05, 4.69) is 4.98 Å². The van der Waals surface area contributed by atoms with Crippen molar-refractivity contribution in [3.05, 3.63) is 58.6 Å². The van der Waals surface area contributed by atoms with E-state index < -0.39 is 28.7 Å². The highest BCUT2D eigenvalue weighted by molar-refractivity contribution is 5.91. The second-order valence-electron chi connectivity index (χ2n) is 4.51. The average Bonchev–Trinajstić information content (AvgIpc) is 2.47. The molecular weight excluding hydrogens is 299 g/mol. The SMILES string of the molecule is O=c1oc2c(C(F)(F)F)cccc2c(O)c1-c1ccccn1. The van der Waals surface area contributed by atoms with E-state index in [-0.39, 0.29) is 16.6 Å². The number of fused-ring (bicyclic) bond motifs is 1. The summed E-state index contributed by atoms with van der Waals surface area (Å²) in [6.45, 7) is 0. The van der Waals surface area contributed by atoms with Crippen LogP contribution in [0.25, 0.3) is 22.2 Å². The van der Waals surface area contributed by atoms with Crippen LogP contribution in [0.1, 0.15) is 5.56 Å². The summed E-state index contributed by atoms with van der Waals surface area (Å²) in [6.07, 6.45) is -3.31. The van der Waals surface area contributed by atoms with Crippen molar-refractivity contribution < 1.29 is 22.7 Å². The Kier molecular flexibility index (Phi) is 3.13. The number of alkyl halides is 3. The summed E-state index contributed by atoms with van der Waals surface area (Å²) in [5, 5.41) is 10.0. The number of para-hydroxylation sites is 1. The molecule has 4 nitrogen and oxygen atoms in total. The van der Waals surface area contributed by atoms with Gasteiger partial charge in [-0.25, -0.2) is 4.79 Å². The van der Waals surface area contributed by atoms with Crippen LogP contribution in [0.3, 0.4) is 0 Å². The number of hydrogen-bond donors (Lipinski definition) is 1. The predicted octanol–water partition coefficient (Wildman–Crippen LogP) is 3.58. The Hall–Kier alpha value is -2.83. The normalized spacial score (nSPS) is 11.8. The van der Waals surface area contributed by atoms with Crippen LogP contribution in [-0.4, -0.2) is 10.1 Å². The maximum atomic E-state index is 12.9. The van der Waals surface area contributed by atoms with Gasteiger partial charge >= 0.3 is 11.8 Å². The molecule has 0 aliphatic carbocycles. The minimum Gasteiger partial charge on any atom is -0.506 e. The molecule has 1 N–H and O–H groups in total. The molecule has 112 valence electrons. The number of nitrogens with zero attached hydrogens (tertiary/aromatic N) is 1. The van der Waals surface area contributed by atoms with Crippen molar-refractivity contribution >= 4 is 11.0 Å². The molecule has 1 aromatic carbocycles. The molecule has 0 aliphatic heterocycles. The third-order valence-corrected chi connectivity index (χ3v) is 3.13. The molecule has 0 aliphatic rings. The molecule has 0 bridgehead atoms. The molecule has 0 saturated heterocycles. The number of benzene rings is 1. The first-order chi connectivity index (χ1) is 10.4. The molecule has 0 amide bonds.